The fourth-order valence-electron chi connectivity index (χ4n) is 1.75. The third-order valence-corrected chi connectivity index (χ3v) is 3.26. The number of halogens is 1. The molecule has 1 heterocycles. The van der Waals surface area contributed by atoms with Crippen LogP contribution in [0.2, 0.25) is 5.02 Å². The molecule has 0 aliphatic rings. The van der Waals surface area contributed by atoms with E-state index in [9.17, 15) is 4.79 Å². The molecule has 0 radical (unpaired) electrons. The van der Waals surface area contributed by atoms with Gasteiger partial charge in [0, 0.05) is 18.1 Å². The molecule has 94 valence electrons. The predicted molar refractivity (Wildman–Crippen MR) is 72.4 cm³/mol. The van der Waals surface area contributed by atoms with Crippen molar-refractivity contribution in [3.8, 4) is 0 Å². The summed E-state index contributed by atoms with van der Waals surface area (Å²) in [5.41, 5.74) is 1.13. The van der Waals surface area contributed by atoms with Gasteiger partial charge in [0.15, 0.2) is 17.9 Å². The zero-order valence-corrected chi connectivity index (χ0v) is 11.0. The first-order valence-corrected chi connectivity index (χ1v) is 6.03. The number of carbonyl (C=O) groups excluding carboxylic acids is 1. The van der Waals surface area contributed by atoms with Crippen molar-refractivity contribution in [1.82, 2.24) is 0 Å². The Morgan fingerprint density at radius 2 is 1.89 bits per heavy atom. The zero-order chi connectivity index (χ0) is 13.1. The molecule has 1 atom stereocenters. The highest BCUT2D eigenvalue weighted by atomic mass is 35.5. The first-order valence-electron chi connectivity index (χ1n) is 5.65. The van der Waals surface area contributed by atoms with Crippen LogP contribution in [0.4, 0.5) is 5.88 Å². The number of furan rings is 1. The van der Waals surface area contributed by atoms with Crippen molar-refractivity contribution in [2.45, 2.75) is 13.0 Å². The molecule has 1 unspecified atom stereocenters. The second-order valence-corrected chi connectivity index (χ2v) is 4.57. The minimum Gasteiger partial charge on any atom is -0.438 e. The molecule has 0 bridgehead atoms. The Balaban J connectivity index is 2.19. The number of hydrogen-bond acceptors (Lipinski definition) is 3. The number of nitrogens with zero attached hydrogens (tertiary/aromatic N) is 1. The molecule has 0 saturated carbocycles. The number of anilines is 1. The SMILES string of the molecule is CC(c1ccc(Cl)cc1)N(C)c1ccc(C=O)o1. The van der Waals surface area contributed by atoms with Gasteiger partial charge in [0.1, 0.15) is 0 Å². The smallest absolute Gasteiger partial charge is 0.196 e. The van der Waals surface area contributed by atoms with Crippen LogP contribution in [0, 0.1) is 0 Å². The number of aldehydes is 1. The van der Waals surface area contributed by atoms with Gasteiger partial charge in [-0.05, 0) is 30.7 Å². The Morgan fingerprint density at radius 3 is 2.44 bits per heavy atom. The van der Waals surface area contributed by atoms with Crippen LogP contribution in [0.25, 0.3) is 0 Å². The summed E-state index contributed by atoms with van der Waals surface area (Å²) < 4.78 is 5.39. The Morgan fingerprint density at radius 1 is 1.22 bits per heavy atom. The Kier molecular flexibility index (Phi) is 3.72. The van der Waals surface area contributed by atoms with Crippen molar-refractivity contribution < 1.29 is 9.21 Å². The highest BCUT2D eigenvalue weighted by Gasteiger charge is 2.15. The molecular formula is C14H14ClNO2. The van der Waals surface area contributed by atoms with Gasteiger partial charge in [-0.25, -0.2) is 0 Å². The lowest BCUT2D eigenvalue weighted by Gasteiger charge is -2.24. The molecule has 0 spiro atoms. The summed E-state index contributed by atoms with van der Waals surface area (Å²) in [4.78, 5) is 12.6. The topological polar surface area (TPSA) is 33.5 Å². The molecule has 2 rings (SSSR count). The van der Waals surface area contributed by atoms with Crippen LogP contribution in [0.1, 0.15) is 29.1 Å². The summed E-state index contributed by atoms with van der Waals surface area (Å²) in [5.74, 6) is 1.000. The number of hydrogen-bond donors (Lipinski definition) is 0. The largest absolute Gasteiger partial charge is 0.438 e. The highest BCUT2D eigenvalue weighted by Crippen LogP contribution is 2.27. The van der Waals surface area contributed by atoms with E-state index in [0.29, 0.717) is 17.9 Å². The molecule has 0 fully saturated rings. The fourth-order valence-corrected chi connectivity index (χ4v) is 1.88. The van der Waals surface area contributed by atoms with Crippen LogP contribution in [-0.4, -0.2) is 13.3 Å². The minimum absolute atomic E-state index is 0.132. The van der Waals surface area contributed by atoms with E-state index in [0.717, 1.165) is 10.6 Å². The van der Waals surface area contributed by atoms with Gasteiger partial charge in [-0.3, -0.25) is 4.79 Å². The highest BCUT2D eigenvalue weighted by molar-refractivity contribution is 6.30. The van der Waals surface area contributed by atoms with Crippen LogP contribution in [-0.2, 0) is 0 Å². The van der Waals surface area contributed by atoms with E-state index in [-0.39, 0.29) is 6.04 Å². The maximum absolute atomic E-state index is 10.6. The van der Waals surface area contributed by atoms with E-state index in [1.54, 1.807) is 12.1 Å². The number of carbonyl (C=O) groups is 1. The first kappa shape index (κ1) is 12.7. The molecule has 0 aliphatic carbocycles. The molecule has 1 aromatic heterocycles. The lowest BCUT2D eigenvalue weighted by Crippen LogP contribution is -2.20. The normalized spacial score (nSPS) is 12.2. The summed E-state index contributed by atoms with van der Waals surface area (Å²) in [6, 6.07) is 11.3. The summed E-state index contributed by atoms with van der Waals surface area (Å²) >= 11 is 5.86. The third-order valence-electron chi connectivity index (χ3n) is 3.01. The summed E-state index contributed by atoms with van der Waals surface area (Å²) in [6.45, 7) is 2.06. The molecule has 0 saturated heterocycles. The summed E-state index contributed by atoms with van der Waals surface area (Å²) in [6.07, 6.45) is 0.699. The van der Waals surface area contributed by atoms with Crippen molar-refractivity contribution in [2.24, 2.45) is 0 Å². The fraction of sp³-hybridized carbons (Fsp3) is 0.214. The van der Waals surface area contributed by atoms with Crippen molar-refractivity contribution in [3.05, 3.63) is 52.7 Å². The predicted octanol–water partition coefficient (Wildman–Crippen LogP) is 3.94. The van der Waals surface area contributed by atoms with Crippen LogP contribution in [0.15, 0.2) is 40.8 Å². The van der Waals surface area contributed by atoms with Crippen LogP contribution in [0.3, 0.4) is 0 Å². The molecule has 4 heteroatoms. The molecule has 0 amide bonds. The van der Waals surface area contributed by atoms with E-state index < -0.39 is 0 Å². The van der Waals surface area contributed by atoms with Gasteiger partial charge >= 0.3 is 0 Å². The van der Waals surface area contributed by atoms with E-state index in [1.807, 2.05) is 36.2 Å². The third kappa shape index (κ3) is 2.57. The minimum atomic E-state index is 0.132. The number of benzene rings is 1. The van der Waals surface area contributed by atoms with E-state index in [4.69, 9.17) is 16.0 Å². The molecule has 0 aliphatic heterocycles. The Bertz CT molecular complexity index is 533. The van der Waals surface area contributed by atoms with E-state index in [2.05, 4.69) is 6.92 Å². The van der Waals surface area contributed by atoms with E-state index >= 15 is 0 Å². The summed E-state index contributed by atoms with van der Waals surface area (Å²) in [7, 11) is 1.92. The standard InChI is InChI=1S/C14H14ClNO2/c1-10(11-3-5-12(15)6-4-11)16(2)14-8-7-13(9-17)18-14/h3-10H,1-2H3. The van der Waals surface area contributed by atoms with Crippen LogP contribution in [0.5, 0.6) is 0 Å². The van der Waals surface area contributed by atoms with Gasteiger partial charge in [0.25, 0.3) is 0 Å². The van der Waals surface area contributed by atoms with Gasteiger partial charge in [-0.2, -0.15) is 0 Å². The average molecular weight is 264 g/mol. The second-order valence-electron chi connectivity index (χ2n) is 4.13. The van der Waals surface area contributed by atoms with Crippen molar-refractivity contribution in [2.75, 3.05) is 11.9 Å². The molecule has 0 N–H and O–H groups in total. The second kappa shape index (κ2) is 5.27. The molecule has 2 aromatic rings. The molecule has 3 nitrogen and oxygen atoms in total. The lowest BCUT2D eigenvalue weighted by atomic mass is 10.1. The first-order chi connectivity index (χ1) is 8.61. The monoisotopic (exact) mass is 263 g/mol. The van der Waals surface area contributed by atoms with E-state index in [1.165, 1.54) is 0 Å². The zero-order valence-electron chi connectivity index (χ0n) is 10.3. The van der Waals surface area contributed by atoms with Gasteiger partial charge in [0.05, 0.1) is 6.04 Å². The quantitative estimate of drug-likeness (QED) is 0.784. The van der Waals surface area contributed by atoms with Crippen molar-refractivity contribution in [1.29, 1.82) is 0 Å². The molecule has 1 aromatic carbocycles. The Hall–Kier alpha value is -1.74. The van der Waals surface area contributed by atoms with Gasteiger partial charge < -0.3 is 9.32 Å². The lowest BCUT2D eigenvalue weighted by molar-refractivity contribution is 0.110. The van der Waals surface area contributed by atoms with Gasteiger partial charge in [0.2, 0.25) is 0 Å². The average Bonchev–Trinajstić information content (AvgIpc) is 2.86. The maximum Gasteiger partial charge on any atom is 0.196 e. The van der Waals surface area contributed by atoms with Crippen molar-refractivity contribution in [3.63, 3.8) is 0 Å². The number of rotatable bonds is 4. The molecular weight excluding hydrogens is 250 g/mol. The van der Waals surface area contributed by atoms with Crippen molar-refractivity contribution >= 4 is 23.8 Å². The Labute approximate surface area is 111 Å². The van der Waals surface area contributed by atoms with Crippen LogP contribution >= 0.6 is 11.6 Å². The van der Waals surface area contributed by atoms with Crippen LogP contribution < -0.4 is 4.90 Å². The van der Waals surface area contributed by atoms with Gasteiger partial charge in [-0.15, -0.1) is 0 Å². The summed E-state index contributed by atoms with van der Waals surface area (Å²) in [5, 5.41) is 0.717. The molecule has 18 heavy (non-hydrogen) atoms. The van der Waals surface area contributed by atoms with Gasteiger partial charge in [-0.1, -0.05) is 23.7 Å². The maximum atomic E-state index is 10.6.